The topological polar surface area (TPSA) is 40.6 Å². The van der Waals surface area contributed by atoms with E-state index in [0.29, 0.717) is 11.4 Å². The smallest absolute Gasteiger partial charge is 0.253 e. The van der Waals surface area contributed by atoms with Gasteiger partial charge in [0.2, 0.25) is 0 Å². The normalized spacial score (nSPS) is 10.0. The molecular weight excluding hydrogens is 240 g/mol. The van der Waals surface area contributed by atoms with Gasteiger partial charge in [-0.25, -0.2) is 0 Å². The second kappa shape index (κ2) is 8.73. The van der Waals surface area contributed by atoms with E-state index in [1.807, 2.05) is 30.7 Å². The van der Waals surface area contributed by atoms with Crippen LogP contribution in [0.2, 0.25) is 0 Å². The summed E-state index contributed by atoms with van der Waals surface area (Å²) in [6, 6.07) is 0. The van der Waals surface area contributed by atoms with Gasteiger partial charge >= 0.3 is 0 Å². The molecule has 0 radical (unpaired) electrons. The van der Waals surface area contributed by atoms with E-state index in [-0.39, 0.29) is 10.9 Å². The molecule has 0 atom stereocenters. The van der Waals surface area contributed by atoms with Gasteiger partial charge in [-0.2, -0.15) is 0 Å². The average Bonchev–Trinajstić information content (AvgIpc) is 2.39. The van der Waals surface area contributed by atoms with Crippen LogP contribution in [-0.4, -0.2) is 26.7 Å². The van der Waals surface area contributed by atoms with E-state index in [2.05, 4.69) is 20.8 Å². The zero-order valence-corrected chi connectivity index (χ0v) is 13.2. The molecule has 0 aliphatic carbocycles. The van der Waals surface area contributed by atoms with Crippen LogP contribution in [-0.2, 0) is 0 Å². The molecule has 0 amide bonds. The van der Waals surface area contributed by atoms with Crippen LogP contribution in [0.25, 0.3) is 0 Å². The lowest BCUT2D eigenvalue weighted by Crippen LogP contribution is -2.45. The largest absolute Gasteiger partial charge is 0.370 e. The molecule has 110 valence electrons. The van der Waals surface area contributed by atoms with Crippen molar-refractivity contribution in [2.45, 2.75) is 47.5 Å². The van der Waals surface area contributed by atoms with Crippen molar-refractivity contribution in [1.29, 1.82) is 0 Å². The molecule has 1 aromatic carbocycles. The van der Waals surface area contributed by atoms with Gasteiger partial charge in [-0.1, -0.05) is 27.2 Å². The van der Waals surface area contributed by atoms with Gasteiger partial charge in [-0.05, 0) is 20.3 Å². The predicted octanol–water partition coefficient (Wildman–Crippen LogP) is 2.39. The minimum atomic E-state index is -0.335. The van der Waals surface area contributed by atoms with Gasteiger partial charge < -0.3 is 9.80 Å². The average molecular weight is 268 g/mol. The number of anilines is 2. The fourth-order valence-corrected chi connectivity index (χ4v) is 2.00. The van der Waals surface area contributed by atoms with E-state index in [1.165, 1.54) is 6.42 Å². The predicted molar refractivity (Wildman–Crippen MR) is 84.4 cm³/mol. The molecule has 0 unspecified atom stereocenters. The standard InChI is InChI=1S/C12H20N2O2.C3H8/c1-5-8-13(4)9-10(12(16)11(9)15)14(6-2)7-3;1-3-2/h5-8H2,1-4H3;3H2,1-2H3. The summed E-state index contributed by atoms with van der Waals surface area (Å²) in [7, 11) is 1.87. The fraction of sp³-hybridized carbons (Fsp3) is 0.733. The minimum Gasteiger partial charge on any atom is -0.370 e. The lowest BCUT2D eigenvalue weighted by Gasteiger charge is -2.29. The second-order valence-corrected chi connectivity index (χ2v) is 4.66. The molecule has 0 spiro atoms. The lowest BCUT2D eigenvalue weighted by molar-refractivity contribution is 0.814. The molecule has 0 aliphatic rings. The minimum absolute atomic E-state index is 0.332. The summed E-state index contributed by atoms with van der Waals surface area (Å²) in [6.45, 7) is 12.6. The molecule has 0 aromatic heterocycles. The molecule has 0 aliphatic heterocycles. The van der Waals surface area contributed by atoms with Gasteiger partial charge in [0.25, 0.3) is 10.9 Å². The highest BCUT2D eigenvalue weighted by atomic mass is 16.2. The molecule has 0 saturated carbocycles. The van der Waals surface area contributed by atoms with Crippen molar-refractivity contribution in [3.05, 3.63) is 20.4 Å². The van der Waals surface area contributed by atoms with Crippen molar-refractivity contribution in [3.8, 4) is 0 Å². The molecule has 4 heteroatoms. The highest BCUT2D eigenvalue weighted by Gasteiger charge is 2.26. The second-order valence-electron chi connectivity index (χ2n) is 4.66. The van der Waals surface area contributed by atoms with Crippen molar-refractivity contribution in [2.24, 2.45) is 0 Å². The van der Waals surface area contributed by atoms with Crippen LogP contribution in [0.5, 0.6) is 0 Å². The molecule has 0 bridgehead atoms. The van der Waals surface area contributed by atoms with Gasteiger partial charge in [0, 0.05) is 26.7 Å². The number of hydrogen-bond acceptors (Lipinski definition) is 4. The van der Waals surface area contributed by atoms with Crippen LogP contribution in [0, 0.1) is 0 Å². The van der Waals surface area contributed by atoms with E-state index < -0.39 is 0 Å². The van der Waals surface area contributed by atoms with Gasteiger partial charge in [-0.15, -0.1) is 0 Å². The van der Waals surface area contributed by atoms with Crippen LogP contribution >= 0.6 is 0 Å². The third-order valence-corrected chi connectivity index (χ3v) is 2.88. The zero-order valence-electron chi connectivity index (χ0n) is 13.2. The first kappa shape index (κ1) is 17.7. The van der Waals surface area contributed by atoms with Crippen molar-refractivity contribution >= 4 is 11.4 Å². The molecular formula is C15H28N2O2. The number of nitrogens with zero attached hydrogens (tertiary/aromatic N) is 2. The summed E-state index contributed by atoms with van der Waals surface area (Å²) in [6.07, 6.45) is 2.22. The van der Waals surface area contributed by atoms with Gasteiger partial charge in [0.15, 0.2) is 0 Å². The van der Waals surface area contributed by atoms with Gasteiger partial charge in [0.05, 0.1) is 0 Å². The van der Waals surface area contributed by atoms with Gasteiger partial charge in [-0.3, -0.25) is 9.59 Å². The Morgan fingerprint density at radius 1 is 0.842 bits per heavy atom. The Labute approximate surface area is 116 Å². The molecule has 0 fully saturated rings. The Morgan fingerprint density at radius 2 is 1.26 bits per heavy atom. The Bertz CT molecular complexity index is 429. The fourth-order valence-electron chi connectivity index (χ4n) is 2.00. The van der Waals surface area contributed by atoms with Crippen molar-refractivity contribution in [2.75, 3.05) is 36.5 Å². The Hall–Kier alpha value is -1.32. The van der Waals surface area contributed by atoms with E-state index >= 15 is 0 Å². The molecule has 0 N–H and O–H groups in total. The first-order chi connectivity index (χ1) is 8.99. The van der Waals surface area contributed by atoms with Crippen LogP contribution in [0.4, 0.5) is 11.4 Å². The van der Waals surface area contributed by atoms with Crippen LogP contribution in [0.1, 0.15) is 47.5 Å². The summed E-state index contributed by atoms with van der Waals surface area (Å²) < 4.78 is 0. The van der Waals surface area contributed by atoms with Crippen LogP contribution in [0.3, 0.4) is 0 Å². The summed E-state index contributed by atoms with van der Waals surface area (Å²) in [5, 5.41) is 0. The summed E-state index contributed by atoms with van der Waals surface area (Å²) in [5.41, 5.74) is 0.529. The SMILES string of the molecule is CCC.CCCN(C)c1c(N(CC)CC)c(=O)c1=O. The van der Waals surface area contributed by atoms with Crippen molar-refractivity contribution in [1.82, 2.24) is 0 Å². The third-order valence-electron chi connectivity index (χ3n) is 2.88. The van der Waals surface area contributed by atoms with E-state index in [0.717, 1.165) is 26.1 Å². The van der Waals surface area contributed by atoms with E-state index in [9.17, 15) is 9.59 Å². The van der Waals surface area contributed by atoms with Crippen LogP contribution < -0.4 is 20.7 Å². The van der Waals surface area contributed by atoms with E-state index in [4.69, 9.17) is 0 Å². The summed E-state index contributed by atoms with van der Waals surface area (Å²) in [4.78, 5) is 26.9. The first-order valence-electron chi connectivity index (χ1n) is 7.29. The highest BCUT2D eigenvalue weighted by molar-refractivity contribution is 5.76. The first-order valence-corrected chi connectivity index (χ1v) is 7.29. The Morgan fingerprint density at radius 3 is 1.63 bits per heavy atom. The number of hydrogen-bond donors (Lipinski definition) is 0. The van der Waals surface area contributed by atoms with Crippen molar-refractivity contribution < 1.29 is 0 Å². The maximum Gasteiger partial charge on any atom is 0.253 e. The van der Waals surface area contributed by atoms with Crippen molar-refractivity contribution in [3.63, 3.8) is 0 Å². The maximum absolute atomic E-state index is 11.6. The molecule has 1 aromatic rings. The zero-order chi connectivity index (χ0) is 15.0. The Kier molecular flexibility index (Phi) is 8.12. The summed E-state index contributed by atoms with van der Waals surface area (Å²) >= 11 is 0. The Balaban J connectivity index is 0.000000982. The lowest BCUT2D eigenvalue weighted by atomic mass is 10.1. The maximum atomic E-state index is 11.6. The molecule has 19 heavy (non-hydrogen) atoms. The molecule has 0 heterocycles. The molecule has 1 rings (SSSR count). The third kappa shape index (κ3) is 4.08. The monoisotopic (exact) mass is 268 g/mol. The quantitative estimate of drug-likeness (QED) is 0.743. The van der Waals surface area contributed by atoms with Gasteiger partial charge in [0.1, 0.15) is 11.4 Å². The van der Waals surface area contributed by atoms with E-state index in [1.54, 1.807) is 0 Å². The molecule has 4 nitrogen and oxygen atoms in total. The summed E-state index contributed by atoms with van der Waals surface area (Å²) in [5.74, 6) is 0. The number of rotatable bonds is 6. The highest BCUT2D eigenvalue weighted by Crippen LogP contribution is 2.23. The molecule has 0 saturated heterocycles. The van der Waals surface area contributed by atoms with Crippen LogP contribution in [0.15, 0.2) is 9.59 Å².